The Morgan fingerprint density at radius 2 is 1.89 bits per heavy atom. The van der Waals surface area contributed by atoms with Crippen LogP contribution in [0.4, 0.5) is 11.4 Å². The van der Waals surface area contributed by atoms with Gasteiger partial charge in [0, 0.05) is 6.07 Å². The molecular formula is C17H17N3O7S. The van der Waals surface area contributed by atoms with E-state index in [9.17, 15) is 28.1 Å². The van der Waals surface area contributed by atoms with Gasteiger partial charge in [-0.3, -0.25) is 14.9 Å². The minimum atomic E-state index is -4.01. The molecule has 2 aromatic carbocycles. The highest BCUT2D eigenvalue weighted by molar-refractivity contribution is 7.89. The SMILES string of the molecule is Cc1ccc(S(N)(=O)=O)cc1C(=O)OCC(=O)Nc1cccc([N+](=O)[O-])c1C. The predicted octanol–water partition coefficient (Wildman–Crippen LogP) is 1.65. The molecule has 0 fully saturated rings. The summed E-state index contributed by atoms with van der Waals surface area (Å²) < 4.78 is 27.7. The first-order valence-corrected chi connectivity index (χ1v) is 9.39. The standard InChI is InChI=1S/C17H17N3O7S/c1-10-6-7-12(28(18,25)26)8-13(10)17(22)27-9-16(21)19-14-4-3-5-15(11(14)2)20(23)24/h3-8H,9H2,1-2H3,(H,19,21)(H2,18,25,26). The van der Waals surface area contributed by atoms with Crippen LogP contribution in [0, 0.1) is 24.0 Å². The third-order valence-electron chi connectivity index (χ3n) is 3.87. The first-order chi connectivity index (χ1) is 13.0. The van der Waals surface area contributed by atoms with Gasteiger partial charge in [-0.1, -0.05) is 12.1 Å². The topological polar surface area (TPSA) is 159 Å². The van der Waals surface area contributed by atoms with Gasteiger partial charge >= 0.3 is 5.97 Å². The average Bonchev–Trinajstić information content (AvgIpc) is 2.60. The van der Waals surface area contributed by atoms with Crippen molar-refractivity contribution >= 4 is 33.3 Å². The lowest BCUT2D eigenvalue weighted by atomic mass is 10.1. The molecule has 0 unspecified atom stereocenters. The van der Waals surface area contributed by atoms with Gasteiger partial charge in [-0.2, -0.15) is 0 Å². The predicted molar refractivity (Wildman–Crippen MR) is 99.3 cm³/mol. The molecule has 0 aliphatic rings. The number of hydrogen-bond donors (Lipinski definition) is 2. The molecule has 0 saturated carbocycles. The second kappa shape index (κ2) is 8.15. The lowest BCUT2D eigenvalue weighted by Crippen LogP contribution is -2.22. The Hall–Kier alpha value is -3.31. The van der Waals surface area contributed by atoms with Crippen molar-refractivity contribution in [2.75, 3.05) is 11.9 Å². The molecule has 2 aromatic rings. The number of ether oxygens (including phenoxy) is 1. The molecular weight excluding hydrogens is 390 g/mol. The van der Waals surface area contributed by atoms with Gasteiger partial charge in [0.05, 0.1) is 26.6 Å². The first kappa shape index (κ1) is 21.0. The summed E-state index contributed by atoms with van der Waals surface area (Å²) in [5.74, 6) is -1.62. The number of amides is 1. The molecule has 10 nitrogen and oxygen atoms in total. The number of anilines is 1. The normalized spacial score (nSPS) is 11.0. The molecule has 0 aliphatic carbocycles. The van der Waals surface area contributed by atoms with E-state index in [0.717, 1.165) is 6.07 Å². The van der Waals surface area contributed by atoms with E-state index in [-0.39, 0.29) is 27.4 Å². The zero-order chi connectivity index (χ0) is 21.1. The van der Waals surface area contributed by atoms with Gasteiger partial charge in [-0.15, -0.1) is 0 Å². The molecule has 148 valence electrons. The number of esters is 1. The Bertz CT molecular complexity index is 1060. The van der Waals surface area contributed by atoms with E-state index >= 15 is 0 Å². The number of sulfonamides is 1. The van der Waals surface area contributed by atoms with Crippen molar-refractivity contribution in [1.82, 2.24) is 0 Å². The summed E-state index contributed by atoms with van der Waals surface area (Å²) in [6.45, 7) is 2.37. The fourth-order valence-corrected chi connectivity index (χ4v) is 2.89. The Balaban J connectivity index is 2.09. The largest absolute Gasteiger partial charge is 0.452 e. The Morgan fingerprint density at radius 3 is 2.50 bits per heavy atom. The number of benzene rings is 2. The van der Waals surface area contributed by atoms with Gasteiger partial charge in [0.1, 0.15) is 0 Å². The number of carbonyl (C=O) groups excluding carboxylic acids is 2. The van der Waals surface area contributed by atoms with Crippen LogP contribution < -0.4 is 10.5 Å². The van der Waals surface area contributed by atoms with Crippen LogP contribution in [-0.2, 0) is 19.6 Å². The fraction of sp³-hybridized carbons (Fsp3) is 0.176. The summed E-state index contributed by atoms with van der Waals surface area (Å²) in [7, 11) is -4.01. The number of aryl methyl sites for hydroxylation is 1. The third-order valence-corrected chi connectivity index (χ3v) is 4.78. The van der Waals surface area contributed by atoms with E-state index in [4.69, 9.17) is 9.88 Å². The number of nitro benzene ring substituents is 1. The van der Waals surface area contributed by atoms with Crippen LogP contribution in [0.2, 0.25) is 0 Å². The number of nitro groups is 1. The summed E-state index contributed by atoms with van der Waals surface area (Å²) in [6.07, 6.45) is 0. The summed E-state index contributed by atoms with van der Waals surface area (Å²) >= 11 is 0. The van der Waals surface area contributed by atoms with Crippen molar-refractivity contribution in [2.24, 2.45) is 5.14 Å². The van der Waals surface area contributed by atoms with Crippen LogP contribution in [-0.4, -0.2) is 31.8 Å². The maximum atomic E-state index is 12.2. The van der Waals surface area contributed by atoms with E-state index in [1.807, 2.05) is 0 Å². The number of primary sulfonamides is 1. The Morgan fingerprint density at radius 1 is 1.21 bits per heavy atom. The van der Waals surface area contributed by atoms with E-state index in [1.54, 1.807) is 6.92 Å². The van der Waals surface area contributed by atoms with Crippen LogP contribution in [0.15, 0.2) is 41.3 Å². The fourth-order valence-electron chi connectivity index (χ4n) is 2.35. The van der Waals surface area contributed by atoms with E-state index < -0.39 is 33.4 Å². The van der Waals surface area contributed by atoms with Gasteiger partial charge in [0.2, 0.25) is 10.0 Å². The van der Waals surface area contributed by atoms with Gasteiger partial charge < -0.3 is 10.1 Å². The molecule has 3 N–H and O–H groups in total. The maximum Gasteiger partial charge on any atom is 0.338 e. The van der Waals surface area contributed by atoms with Crippen molar-refractivity contribution in [3.63, 3.8) is 0 Å². The minimum Gasteiger partial charge on any atom is -0.452 e. The summed E-state index contributed by atoms with van der Waals surface area (Å²) in [6, 6.07) is 7.89. The van der Waals surface area contributed by atoms with Gasteiger partial charge in [-0.05, 0) is 37.6 Å². The van der Waals surface area contributed by atoms with Crippen molar-refractivity contribution < 1.29 is 27.7 Å². The zero-order valence-corrected chi connectivity index (χ0v) is 15.8. The molecule has 0 heterocycles. The highest BCUT2D eigenvalue weighted by atomic mass is 32.2. The number of nitrogens with one attached hydrogen (secondary N) is 1. The number of carbonyl (C=O) groups is 2. The van der Waals surface area contributed by atoms with Crippen molar-refractivity contribution in [2.45, 2.75) is 18.7 Å². The smallest absolute Gasteiger partial charge is 0.338 e. The lowest BCUT2D eigenvalue weighted by molar-refractivity contribution is -0.385. The molecule has 2 rings (SSSR count). The van der Waals surface area contributed by atoms with Crippen molar-refractivity contribution in [3.05, 3.63) is 63.2 Å². The molecule has 0 radical (unpaired) electrons. The highest BCUT2D eigenvalue weighted by Crippen LogP contribution is 2.25. The van der Waals surface area contributed by atoms with Gasteiger partial charge in [0.15, 0.2) is 6.61 Å². The molecule has 28 heavy (non-hydrogen) atoms. The van der Waals surface area contributed by atoms with E-state index in [0.29, 0.717) is 5.56 Å². The molecule has 11 heteroatoms. The zero-order valence-electron chi connectivity index (χ0n) is 15.0. The van der Waals surface area contributed by atoms with Crippen LogP contribution in [0.3, 0.4) is 0 Å². The Labute approximate surface area is 160 Å². The molecule has 0 bridgehead atoms. The van der Waals surface area contributed by atoms with Crippen LogP contribution >= 0.6 is 0 Å². The Kier molecular flexibility index (Phi) is 6.11. The number of nitrogens with zero attached hydrogens (tertiary/aromatic N) is 1. The average molecular weight is 407 g/mol. The van der Waals surface area contributed by atoms with Crippen molar-refractivity contribution in [1.29, 1.82) is 0 Å². The van der Waals surface area contributed by atoms with Crippen LogP contribution in [0.5, 0.6) is 0 Å². The van der Waals surface area contributed by atoms with Crippen molar-refractivity contribution in [3.8, 4) is 0 Å². The molecule has 0 aromatic heterocycles. The molecule has 0 saturated heterocycles. The number of nitrogens with two attached hydrogens (primary N) is 1. The van der Waals surface area contributed by atoms with E-state index in [1.165, 1.54) is 37.3 Å². The molecule has 0 spiro atoms. The summed E-state index contributed by atoms with van der Waals surface area (Å²) in [5.41, 5.74) is 0.690. The van der Waals surface area contributed by atoms with Gasteiger partial charge in [-0.25, -0.2) is 18.4 Å². The second-order valence-electron chi connectivity index (χ2n) is 5.85. The number of hydrogen-bond acceptors (Lipinski definition) is 7. The van der Waals surface area contributed by atoms with Gasteiger partial charge in [0.25, 0.3) is 11.6 Å². The maximum absolute atomic E-state index is 12.2. The summed E-state index contributed by atoms with van der Waals surface area (Å²) in [4.78, 5) is 34.3. The van der Waals surface area contributed by atoms with Crippen LogP contribution in [0.25, 0.3) is 0 Å². The van der Waals surface area contributed by atoms with E-state index in [2.05, 4.69) is 5.32 Å². The number of rotatable bonds is 6. The minimum absolute atomic E-state index is 0.0501. The molecule has 1 amide bonds. The quantitative estimate of drug-likeness (QED) is 0.418. The first-order valence-electron chi connectivity index (χ1n) is 7.85. The molecule has 0 atom stereocenters. The monoisotopic (exact) mass is 407 g/mol. The lowest BCUT2D eigenvalue weighted by Gasteiger charge is -2.10. The van der Waals surface area contributed by atoms with Crippen LogP contribution in [0.1, 0.15) is 21.5 Å². The third kappa shape index (κ3) is 4.90. The summed E-state index contributed by atoms with van der Waals surface area (Å²) in [5, 5.41) is 18.4. The second-order valence-corrected chi connectivity index (χ2v) is 7.41. The molecule has 0 aliphatic heterocycles. The highest BCUT2D eigenvalue weighted by Gasteiger charge is 2.18.